The van der Waals surface area contributed by atoms with E-state index in [9.17, 15) is 9.50 Å². The number of rotatable bonds is 3. The largest absolute Gasteiger partial charge is 0.389 e. The summed E-state index contributed by atoms with van der Waals surface area (Å²) in [6, 6.07) is 4.32. The molecule has 0 radical (unpaired) electrons. The van der Waals surface area contributed by atoms with Gasteiger partial charge in [0.2, 0.25) is 0 Å². The number of hydrogen-bond donors (Lipinski definition) is 2. The van der Waals surface area contributed by atoms with Gasteiger partial charge in [-0.1, -0.05) is 18.5 Å². The molecule has 1 aliphatic rings. The average molecular weight is 272 g/mol. The van der Waals surface area contributed by atoms with Crippen LogP contribution in [-0.2, 0) is 6.42 Å². The summed E-state index contributed by atoms with van der Waals surface area (Å²) >= 11 is 6.07. The van der Waals surface area contributed by atoms with Crippen molar-refractivity contribution in [2.75, 3.05) is 13.1 Å². The zero-order chi connectivity index (χ0) is 13.2. The van der Waals surface area contributed by atoms with Gasteiger partial charge in [0.15, 0.2) is 0 Å². The van der Waals surface area contributed by atoms with Gasteiger partial charge in [-0.25, -0.2) is 4.39 Å². The highest BCUT2D eigenvalue weighted by molar-refractivity contribution is 6.31. The maximum absolute atomic E-state index is 13.3. The molecule has 18 heavy (non-hydrogen) atoms. The Labute approximate surface area is 112 Å². The van der Waals surface area contributed by atoms with Gasteiger partial charge in [-0.2, -0.15) is 0 Å². The van der Waals surface area contributed by atoms with Crippen molar-refractivity contribution in [1.29, 1.82) is 0 Å². The predicted octanol–water partition coefficient (Wildman–Crippen LogP) is 2.77. The van der Waals surface area contributed by atoms with Crippen molar-refractivity contribution in [2.24, 2.45) is 5.92 Å². The fourth-order valence-corrected chi connectivity index (χ4v) is 2.93. The molecule has 2 unspecified atom stereocenters. The van der Waals surface area contributed by atoms with Gasteiger partial charge < -0.3 is 10.4 Å². The second-order valence-corrected chi connectivity index (χ2v) is 5.48. The minimum Gasteiger partial charge on any atom is -0.389 e. The fraction of sp³-hybridized carbons (Fsp3) is 0.571. The number of benzene rings is 1. The van der Waals surface area contributed by atoms with E-state index >= 15 is 0 Å². The van der Waals surface area contributed by atoms with Crippen LogP contribution in [0.4, 0.5) is 4.39 Å². The van der Waals surface area contributed by atoms with E-state index in [1.165, 1.54) is 12.1 Å². The summed E-state index contributed by atoms with van der Waals surface area (Å²) in [5.74, 6) is -0.120. The van der Waals surface area contributed by atoms with Gasteiger partial charge in [-0.3, -0.25) is 0 Å². The summed E-state index contributed by atoms with van der Waals surface area (Å²) in [5, 5.41) is 14.6. The molecule has 2 rings (SSSR count). The van der Waals surface area contributed by atoms with Gasteiger partial charge >= 0.3 is 0 Å². The molecule has 1 saturated heterocycles. The van der Waals surface area contributed by atoms with Crippen LogP contribution < -0.4 is 5.32 Å². The third-order valence-electron chi connectivity index (χ3n) is 3.88. The van der Waals surface area contributed by atoms with Crippen molar-refractivity contribution in [3.8, 4) is 0 Å². The SMILES string of the molecule is CCC1CNCCC1(O)Cc1cc(F)ccc1Cl. The van der Waals surface area contributed by atoms with E-state index in [4.69, 9.17) is 11.6 Å². The summed E-state index contributed by atoms with van der Waals surface area (Å²) in [7, 11) is 0. The lowest BCUT2D eigenvalue weighted by Gasteiger charge is -2.40. The maximum Gasteiger partial charge on any atom is 0.123 e. The molecule has 1 aromatic carbocycles. The van der Waals surface area contributed by atoms with E-state index in [0.29, 0.717) is 23.4 Å². The standard InChI is InChI=1S/C14H19ClFNO/c1-2-11-9-17-6-5-14(11,18)8-10-7-12(16)3-4-13(10)15/h3-4,7,11,17-18H,2,5-6,8-9H2,1H3. The first-order chi connectivity index (χ1) is 8.55. The number of halogens is 2. The Morgan fingerprint density at radius 3 is 3.06 bits per heavy atom. The van der Waals surface area contributed by atoms with Crippen LogP contribution in [0.15, 0.2) is 18.2 Å². The molecule has 2 atom stereocenters. The lowest BCUT2D eigenvalue weighted by atomic mass is 9.76. The Morgan fingerprint density at radius 1 is 1.56 bits per heavy atom. The van der Waals surface area contributed by atoms with Crippen LogP contribution >= 0.6 is 11.6 Å². The molecule has 100 valence electrons. The minimum absolute atomic E-state index is 0.186. The van der Waals surface area contributed by atoms with E-state index in [0.717, 1.165) is 19.5 Å². The first kappa shape index (κ1) is 13.8. The van der Waals surface area contributed by atoms with Crippen LogP contribution in [0.2, 0.25) is 5.02 Å². The summed E-state index contributed by atoms with van der Waals surface area (Å²) in [4.78, 5) is 0. The summed E-state index contributed by atoms with van der Waals surface area (Å²) in [6.07, 6.45) is 2.00. The number of hydrogen-bond acceptors (Lipinski definition) is 2. The summed E-state index contributed by atoms with van der Waals surface area (Å²) < 4.78 is 13.3. The van der Waals surface area contributed by atoms with E-state index in [-0.39, 0.29) is 11.7 Å². The van der Waals surface area contributed by atoms with Crippen molar-refractivity contribution >= 4 is 11.6 Å². The van der Waals surface area contributed by atoms with E-state index in [2.05, 4.69) is 12.2 Å². The van der Waals surface area contributed by atoms with Crippen molar-refractivity contribution in [3.63, 3.8) is 0 Å². The Hall–Kier alpha value is -0.640. The monoisotopic (exact) mass is 271 g/mol. The molecule has 0 amide bonds. The van der Waals surface area contributed by atoms with Gasteiger partial charge in [0.05, 0.1) is 5.60 Å². The molecule has 1 aliphatic heterocycles. The Kier molecular flexibility index (Phi) is 4.25. The van der Waals surface area contributed by atoms with Crippen LogP contribution in [0.25, 0.3) is 0 Å². The predicted molar refractivity (Wildman–Crippen MR) is 71.3 cm³/mol. The van der Waals surface area contributed by atoms with Crippen LogP contribution in [0, 0.1) is 11.7 Å². The molecule has 0 saturated carbocycles. The zero-order valence-electron chi connectivity index (χ0n) is 10.5. The first-order valence-electron chi connectivity index (χ1n) is 6.42. The molecule has 0 aromatic heterocycles. The Morgan fingerprint density at radius 2 is 2.33 bits per heavy atom. The van der Waals surface area contributed by atoms with Crippen molar-refractivity contribution in [1.82, 2.24) is 5.32 Å². The van der Waals surface area contributed by atoms with Gasteiger partial charge in [0, 0.05) is 23.9 Å². The van der Waals surface area contributed by atoms with Crippen molar-refractivity contribution in [3.05, 3.63) is 34.6 Å². The molecule has 0 aliphatic carbocycles. The molecule has 1 aromatic rings. The minimum atomic E-state index is -0.780. The van der Waals surface area contributed by atoms with Crippen LogP contribution in [0.3, 0.4) is 0 Å². The summed E-state index contributed by atoms with van der Waals surface area (Å²) in [6.45, 7) is 3.66. The molecule has 2 N–H and O–H groups in total. The Bertz CT molecular complexity index is 426. The highest BCUT2D eigenvalue weighted by Crippen LogP contribution is 2.32. The Balaban J connectivity index is 2.22. The van der Waals surface area contributed by atoms with E-state index in [1.54, 1.807) is 6.07 Å². The highest BCUT2D eigenvalue weighted by Gasteiger charge is 2.38. The number of piperidine rings is 1. The first-order valence-corrected chi connectivity index (χ1v) is 6.80. The average Bonchev–Trinajstić information content (AvgIpc) is 2.34. The third-order valence-corrected chi connectivity index (χ3v) is 4.25. The number of nitrogens with one attached hydrogen (secondary N) is 1. The molecular weight excluding hydrogens is 253 g/mol. The van der Waals surface area contributed by atoms with E-state index < -0.39 is 5.60 Å². The van der Waals surface area contributed by atoms with Crippen LogP contribution in [-0.4, -0.2) is 23.8 Å². The van der Waals surface area contributed by atoms with Crippen LogP contribution in [0.1, 0.15) is 25.3 Å². The topological polar surface area (TPSA) is 32.3 Å². The van der Waals surface area contributed by atoms with Crippen molar-refractivity contribution < 1.29 is 9.50 Å². The zero-order valence-corrected chi connectivity index (χ0v) is 11.3. The molecule has 4 heteroatoms. The maximum atomic E-state index is 13.3. The van der Waals surface area contributed by atoms with Gasteiger partial charge in [-0.05, 0) is 43.1 Å². The molecule has 2 nitrogen and oxygen atoms in total. The second kappa shape index (κ2) is 5.55. The normalized spacial score (nSPS) is 28.3. The third kappa shape index (κ3) is 2.85. The molecule has 0 bridgehead atoms. The van der Waals surface area contributed by atoms with E-state index in [1.807, 2.05) is 0 Å². The highest BCUT2D eigenvalue weighted by atomic mass is 35.5. The number of aliphatic hydroxyl groups is 1. The van der Waals surface area contributed by atoms with Gasteiger partial charge in [0.1, 0.15) is 5.82 Å². The molecule has 1 heterocycles. The molecule has 1 fully saturated rings. The fourth-order valence-electron chi connectivity index (χ4n) is 2.74. The summed E-state index contributed by atoms with van der Waals surface area (Å²) in [5.41, 5.74) is -0.0863. The molecule has 0 spiro atoms. The second-order valence-electron chi connectivity index (χ2n) is 5.08. The van der Waals surface area contributed by atoms with Gasteiger partial charge in [-0.15, -0.1) is 0 Å². The quantitative estimate of drug-likeness (QED) is 0.886. The lowest BCUT2D eigenvalue weighted by Crippen LogP contribution is -2.51. The van der Waals surface area contributed by atoms with Crippen molar-refractivity contribution in [2.45, 2.75) is 31.8 Å². The van der Waals surface area contributed by atoms with Crippen LogP contribution in [0.5, 0.6) is 0 Å². The lowest BCUT2D eigenvalue weighted by molar-refractivity contribution is -0.0414. The van der Waals surface area contributed by atoms with Gasteiger partial charge in [0.25, 0.3) is 0 Å². The smallest absolute Gasteiger partial charge is 0.123 e. The molecular formula is C14H19ClFNO.